The average Bonchev–Trinajstić information content (AvgIpc) is 2.26. The summed E-state index contributed by atoms with van der Waals surface area (Å²) in [4.78, 5) is 22.4. The molecular weight excluding hydrogens is 208 g/mol. The monoisotopic (exact) mass is 226 g/mol. The molecule has 1 amide bonds. The van der Waals surface area contributed by atoms with Gasteiger partial charge in [0.1, 0.15) is 12.6 Å². The van der Waals surface area contributed by atoms with Crippen LogP contribution in [0, 0.1) is 0 Å². The van der Waals surface area contributed by atoms with Gasteiger partial charge in [-0.2, -0.15) is 0 Å². The van der Waals surface area contributed by atoms with Crippen LogP contribution in [-0.2, 0) is 14.3 Å². The van der Waals surface area contributed by atoms with E-state index >= 15 is 0 Å². The maximum atomic E-state index is 11.7. The first-order valence-corrected chi connectivity index (χ1v) is 5.86. The van der Waals surface area contributed by atoms with E-state index in [-0.39, 0.29) is 30.6 Å². The minimum atomic E-state index is -0.386. The van der Waals surface area contributed by atoms with E-state index in [1.807, 2.05) is 0 Å². The van der Waals surface area contributed by atoms with Crippen LogP contribution in [0.25, 0.3) is 0 Å². The van der Waals surface area contributed by atoms with Crippen LogP contribution in [0.3, 0.4) is 0 Å². The van der Waals surface area contributed by atoms with Gasteiger partial charge in [-0.15, -0.1) is 0 Å². The van der Waals surface area contributed by atoms with Crippen molar-refractivity contribution in [3.05, 3.63) is 0 Å². The Bertz CT molecular complexity index is 293. The fourth-order valence-electron chi connectivity index (χ4n) is 2.45. The molecule has 0 aromatic rings. The molecule has 16 heavy (non-hydrogen) atoms. The Morgan fingerprint density at radius 2 is 2.06 bits per heavy atom. The van der Waals surface area contributed by atoms with Gasteiger partial charge in [0.15, 0.2) is 0 Å². The average molecular weight is 226 g/mol. The predicted octanol–water partition coefficient (Wildman–Crippen LogP) is -0.0513. The molecule has 3 atom stereocenters. The van der Waals surface area contributed by atoms with Crippen LogP contribution in [0.2, 0.25) is 0 Å². The van der Waals surface area contributed by atoms with Gasteiger partial charge >= 0.3 is 5.97 Å². The molecule has 0 aromatic carbocycles. The molecule has 1 aliphatic carbocycles. The SMILES string of the molecule is CC(=O)OC[C@H]1N[C@@H]2CCCC[C@H]2NC1=O. The summed E-state index contributed by atoms with van der Waals surface area (Å²) in [5.74, 6) is -0.398. The second kappa shape index (κ2) is 4.82. The molecule has 1 heterocycles. The van der Waals surface area contributed by atoms with E-state index in [0.717, 1.165) is 12.8 Å². The van der Waals surface area contributed by atoms with Gasteiger partial charge in [-0.05, 0) is 12.8 Å². The molecule has 2 N–H and O–H groups in total. The maximum absolute atomic E-state index is 11.7. The molecule has 90 valence electrons. The summed E-state index contributed by atoms with van der Waals surface area (Å²) in [6.07, 6.45) is 4.51. The molecule has 2 fully saturated rings. The summed E-state index contributed by atoms with van der Waals surface area (Å²) < 4.78 is 4.87. The molecule has 2 aliphatic rings. The number of hydrogen-bond acceptors (Lipinski definition) is 4. The minimum Gasteiger partial charge on any atom is -0.464 e. The lowest BCUT2D eigenvalue weighted by molar-refractivity contribution is -0.143. The second-order valence-corrected chi connectivity index (χ2v) is 4.53. The fraction of sp³-hybridized carbons (Fsp3) is 0.818. The normalized spacial score (nSPS) is 33.8. The lowest BCUT2D eigenvalue weighted by atomic mass is 9.87. The van der Waals surface area contributed by atoms with E-state index in [9.17, 15) is 9.59 Å². The highest BCUT2D eigenvalue weighted by molar-refractivity contribution is 5.83. The molecule has 0 unspecified atom stereocenters. The van der Waals surface area contributed by atoms with Crippen molar-refractivity contribution in [1.82, 2.24) is 10.6 Å². The van der Waals surface area contributed by atoms with Crippen LogP contribution >= 0.6 is 0 Å². The van der Waals surface area contributed by atoms with Crippen molar-refractivity contribution >= 4 is 11.9 Å². The molecule has 0 spiro atoms. The van der Waals surface area contributed by atoms with Crippen LogP contribution in [0.1, 0.15) is 32.6 Å². The number of piperazine rings is 1. The number of carbonyl (C=O) groups excluding carboxylic acids is 2. The summed E-state index contributed by atoms with van der Waals surface area (Å²) in [6.45, 7) is 1.48. The fourth-order valence-corrected chi connectivity index (χ4v) is 2.45. The largest absolute Gasteiger partial charge is 0.464 e. The third-order valence-electron chi connectivity index (χ3n) is 3.28. The third-order valence-corrected chi connectivity index (χ3v) is 3.28. The Hall–Kier alpha value is -1.10. The number of fused-ring (bicyclic) bond motifs is 1. The molecule has 5 nitrogen and oxygen atoms in total. The van der Waals surface area contributed by atoms with Crippen molar-refractivity contribution in [2.24, 2.45) is 0 Å². The summed E-state index contributed by atoms with van der Waals surface area (Å²) in [7, 11) is 0. The van der Waals surface area contributed by atoms with Gasteiger partial charge in [0.25, 0.3) is 0 Å². The molecule has 1 aliphatic heterocycles. The second-order valence-electron chi connectivity index (χ2n) is 4.53. The molecule has 0 bridgehead atoms. The van der Waals surface area contributed by atoms with Gasteiger partial charge in [-0.1, -0.05) is 12.8 Å². The smallest absolute Gasteiger partial charge is 0.302 e. The quantitative estimate of drug-likeness (QED) is 0.648. The Labute approximate surface area is 94.9 Å². The highest BCUT2D eigenvalue weighted by atomic mass is 16.5. The standard InChI is InChI=1S/C11H18N2O3/c1-7(14)16-6-10-11(15)13-9-5-3-2-4-8(9)12-10/h8-10,12H,2-6H2,1H3,(H,13,15)/t8-,9-,10-/m1/s1. The molecular formula is C11H18N2O3. The Balaban J connectivity index is 1.90. The molecule has 0 radical (unpaired) electrons. The molecule has 0 aromatic heterocycles. The summed E-state index contributed by atoms with van der Waals surface area (Å²) in [5, 5.41) is 6.27. The third kappa shape index (κ3) is 2.52. The number of amides is 1. The number of esters is 1. The summed E-state index contributed by atoms with van der Waals surface area (Å²) in [5.41, 5.74) is 0. The number of rotatable bonds is 2. The van der Waals surface area contributed by atoms with Gasteiger partial charge in [-0.25, -0.2) is 0 Å². The van der Waals surface area contributed by atoms with E-state index < -0.39 is 0 Å². The van der Waals surface area contributed by atoms with Gasteiger partial charge in [0.2, 0.25) is 5.91 Å². The topological polar surface area (TPSA) is 67.4 Å². The highest BCUT2D eigenvalue weighted by Crippen LogP contribution is 2.21. The first kappa shape index (κ1) is 11.4. The lowest BCUT2D eigenvalue weighted by Gasteiger charge is -2.40. The van der Waals surface area contributed by atoms with Crippen molar-refractivity contribution in [2.75, 3.05) is 6.61 Å². The minimum absolute atomic E-state index is 0.0515. The Morgan fingerprint density at radius 1 is 1.38 bits per heavy atom. The van der Waals surface area contributed by atoms with E-state index in [1.165, 1.54) is 19.8 Å². The van der Waals surface area contributed by atoms with Crippen LogP contribution in [0.4, 0.5) is 0 Å². The number of nitrogens with one attached hydrogen (secondary N) is 2. The van der Waals surface area contributed by atoms with E-state index in [0.29, 0.717) is 6.04 Å². The lowest BCUT2D eigenvalue weighted by Crippen LogP contribution is -2.65. The van der Waals surface area contributed by atoms with E-state index in [1.54, 1.807) is 0 Å². The number of ether oxygens (including phenoxy) is 1. The van der Waals surface area contributed by atoms with Gasteiger partial charge in [0.05, 0.1) is 0 Å². The van der Waals surface area contributed by atoms with Crippen molar-refractivity contribution in [3.63, 3.8) is 0 Å². The van der Waals surface area contributed by atoms with E-state index in [4.69, 9.17) is 4.74 Å². The Morgan fingerprint density at radius 3 is 2.75 bits per heavy atom. The van der Waals surface area contributed by atoms with Crippen LogP contribution in [0.5, 0.6) is 0 Å². The first-order chi connectivity index (χ1) is 7.66. The van der Waals surface area contributed by atoms with Gasteiger partial charge in [-0.3, -0.25) is 14.9 Å². The van der Waals surface area contributed by atoms with Crippen LogP contribution in [0.15, 0.2) is 0 Å². The van der Waals surface area contributed by atoms with Gasteiger partial charge in [0, 0.05) is 19.0 Å². The zero-order valence-corrected chi connectivity index (χ0v) is 9.49. The number of carbonyl (C=O) groups is 2. The van der Waals surface area contributed by atoms with Crippen molar-refractivity contribution in [3.8, 4) is 0 Å². The zero-order valence-electron chi connectivity index (χ0n) is 9.49. The molecule has 5 heteroatoms. The predicted molar refractivity (Wildman–Crippen MR) is 57.7 cm³/mol. The molecule has 1 saturated carbocycles. The Kier molecular flexibility index (Phi) is 3.43. The van der Waals surface area contributed by atoms with Crippen LogP contribution in [-0.4, -0.2) is 36.6 Å². The van der Waals surface area contributed by atoms with Crippen molar-refractivity contribution < 1.29 is 14.3 Å². The van der Waals surface area contributed by atoms with Crippen molar-refractivity contribution in [2.45, 2.75) is 50.7 Å². The molecule has 2 rings (SSSR count). The number of hydrogen-bond donors (Lipinski definition) is 2. The van der Waals surface area contributed by atoms with Crippen molar-refractivity contribution in [1.29, 1.82) is 0 Å². The molecule has 1 saturated heterocycles. The van der Waals surface area contributed by atoms with Crippen LogP contribution < -0.4 is 10.6 Å². The highest BCUT2D eigenvalue weighted by Gasteiger charge is 2.36. The maximum Gasteiger partial charge on any atom is 0.302 e. The zero-order chi connectivity index (χ0) is 11.5. The summed E-state index contributed by atoms with van der Waals surface area (Å²) >= 11 is 0. The van der Waals surface area contributed by atoms with Gasteiger partial charge < -0.3 is 10.1 Å². The first-order valence-electron chi connectivity index (χ1n) is 5.86. The van der Waals surface area contributed by atoms with E-state index in [2.05, 4.69) is 10.6 Å². The summed E-state index contributed by atoms with van der Waals surface area (Å²) in [6, 6.07) is 0.213.